The van der Waals surface area contributed by atoms with E-state index in [9.17, 15) is 0 Å². The van der Waals surface area contributed by atoms with Gasteiger partial charge in [-0.15, -0.1) is 0 Å². The number of nitrogens with zero attached hydrogens (tertiary/aromatic N) is 2. The highest BCUT2D eigenvalue weighted by Gasteiger charge is 2.11. The highest BCUT2D eigenvalue weighted by atomic mass is 35.5. The third kappa shape index (κ3) is 3.40. The minimum Gasteiger partial charge on any atom is -0.330 e. The zero-order valence-electron chi connectivity index (χ0n) is 9.46. The zero-order chi connectivity index (χ0) is 11.4. The molecular formula is C10H18ClN3S. The van der Waals surface area contributed by atoms with E-state index in [0.717, 1.165) is 34.5 Å². The summed E-state index contributed by atoms with van der Waals surface area (Å²) in [6, 6.07) is 0. The summed E-state index contributed by atoms with van der Waals surface area (Å²) in [6.45, 7) is 4.89. The molecule has 1 rings (SSSR count). The molecule has 2 N–H and O–H groups in total. The van der Waals surface area contributed by atoms with Gasteiger partial charge in [0.2, 0.25) is 0 Å². The van der Waals surface area contributed by atoms with E-state index in [1.54, 1.807) is 4.68 Å². The molecule has 1 heterocycles. The zero-order valence-corrected chi connectivity index (χ0v) is 11.0. The number of aromatic nitrogens is 2. The van der Waals surface area contributed by atoms with Crippen LogP contribution in [-0.4, -0.2) is 22.1 Å². The number of halogens is 1. The molecule has 5 heteroatoms. The molecule has 15 heavy (non-hydrogen) atoms. The fourth-order valence-electron chi connectivity index (χ4n) is 1.27. The average Bonchev–Trinajstić information content (AvgIpc) is 2.44. The summed E-state index contributed by atoms with van der Waals surface area (Å²) < 4.78 is 1.72. The summed E-state index contributed by atoms with van der Waals surface area (Å²) in [5.74, 6) is 2.55. The van der Waals surface area contributed by atoms with Crippen molar-refractivity contribution in [2.24, 2.45) is 18.7 Å². The second kappa shape index (κ2) is 5.77. The number of aryl methyl sites for hydroxylation is 2. The first-order valence-corrected chi connectivity index (χ1v) is 6.55. The van der Waals surface area contributed by atoms with Crippen molar-refractivity contribution in [2.45, 2.75) is 19.6 Å². The quantitative estimate of drug-likeness (QED) is 0.868. The van der Waals surface area contributed by atoms with Crippen molar-refractivity contribution in [1.29, 1.82) is 0 Å². The van der Waals surface area contributed by atoms with Crippen LogP contribution < -0.4 is 5.73 Å². The lowest BCUT2D eigenvalue weighted by Gasteiger charge is -2.07. The van der Waals surface area contributed by atoms with Crippen molar-refractivity contribution in [2.75, 3.05) is 12.3 Å². The Bertz CT molecular complexity index is 325. The van der Waals surface area contributed by atoms with Crippen molar-refractivity contribution in [1.82, 2.24) is 9.78 Å². The Morgan fingerprint density at radius 3 is 2.73 bits per heavy atom. The van der Waals surface area contributed by atoms with Gasteiger partial charge >= 0.3 is 0 Å². The molecule has 0 aliphatic heterocycles. The minimum absolute atomic E-state index is 0.561. The van der Waals surface area contributed by atoms with E-state index in [1.807, 2.05) is 25.7 Å². The van der Waals surface area contributed by atoms with Crippen LogP contribution in [-0.2, 0) is 12.8 Å². The summed E-state index contributed by atoms with van der Waals surface area (Å²) in [4.78, 5) is 0. The van der Waals surface area contributed by atoms with Gasteiger partial charge in [-0.3, -0.25) is 4.68 Å². The predicted octanol–water partition coefficient (Wildman–Crippen LogP) is 2.21. The van der Waals surface area contributed by atoms with Crippen LogP contribution in [0, 0.1) is 12.8 Å². The smallest absolute Gasteiger partial charge is 0.131 e. The van der Waals surface area contributed by atoms with Gasteiger partial charge in [0.25, 0.3) is 0 Å². The standard InChI is InChI=1S/C10H18ClN3S/c1-7(4-12)5-15-6-9-8(2)13-14(3)10(9)11/h7H,4-6,12H2,1-3H3. The lowest BCUT2D eigenvalue weighted by Crippen LogP contribution is -2.12. The fraction of sp³-hybridized carbons (Fsp3) is 0.700. The van der Waals surface area contributed by atoms with Gasteiger partial charge < -0.3 is 5.73 Å². The van der Waals surface area contributed by atoms with Crippen molar-refractivity contribution in [3.05, 3.63) is 16.4 Å². The molecule has 1 unspecified atom stereocenters. The van der Waals surface area contributed by atoms with Crippen LogP contribution in [0.4, 0.5) is 0 Å². The Morgan fingerprint density at radius 2 is 2.27 bits per heavy atom. The highest BCUT2D eigenvalue weighted by Crippen LogP contribution is 2.24. The second-order valence-electron chi connectivity index (χ2n) is 3.83. The summed E-state index contributed by atoms with van der Waals surface area (Å²) >= 11 is 7.99. The molecule has 0 aromatic carbocycles. The molecule has 0 aliphatic carbocycles. The number of thioether (sulfide) groups is 1. The van der Waals surface area contributed by atoms with Gasteiger partial charge in [0, 0.05) is 18.4 Å². The van der Waals surface area contributed by atoms with E-state index in [-0.39, 0.29) is 0 Å². The first-order chi connectivity index (χ1) is 7.06. The van der Waals surface area contributed by atoms with Crippen LogP contribution in [0.15, 0.2) is 0 Å². The van der Waals surface area contributed by atoms with Gasteiger partial charge in [0.15, 0.2) is 0 Å². The Labute approximate surface area is 100 Å². The topological polar surface area (TPSA) is 43.8 Å². The van der Waals surface area contributed by atoms with Crippen molar-refractivity contribution in [3.8, 4) is 0 Å². The molecule has 0 fully saturated rings. The maximum Gasteiger partial charge on any atom is 0.131 e. The van der Waals surface area contributed by atoms with E-state index < -0.39 is 0 Å². The van der Waals surface area contributed by atoms with Crippen LogP contribution in [0.25, 0.3) is 0 Å². The van der Waals surface area contributed by atoms with Gasteiger partial charge in [-0.1, -0.05) is 18.5 Å². The molecular weight excluding hydrogens is 230 g/mol. The van der Waals surface area contributed by atoms with Gasteiger partial charge in [-0.2, -0.15) is 16.9 Å². The van der Waals surface area contributed by atoms with E-state index in [4.69, 9.17) is 17.3 Å². The average molecular weight is 248 g/mol. The summed E-state index contributed by atoms with van der Waals surface area (Å²) in [7, 11) is 1.87. The molecule has 0 aliphatic rings. The fourth-order valence-corrected chi connectivity index (χ4v) is 2.79. The molecule has 1 aromatic heterocycles. The molecule has 1 atom stereocenters. The predicted molar refractivity (Wildman–Crippen MR) is 67.3 cm³/mol. The second-order valence-corrected chi connectivity index (χ2v) is 5.22. The molecule has 3 nitrogen and oxygen atoms in total. The Hall–Kier alpha value is -0.190. The number of hydrogen-bond acceptors (Lipinski definition) is 3. The molecule has 0 saturated carbocycles. The van der Waals surface area contributed by atoms with Crippen LogP contribution in [0.1, 0.15) is 18.2 Å². The third-order valence-corrected chi connectivity index (χ3v) is 4.09. The maximum atomic E-state index is 6.13. The molecule has 1 aromatic rings. The third-order valence-electron chi connectivity index (χ3n) is 2.32. The van der Waals surface area contributed by atoms with Gasteiger partial charge in [0.05, 0.1) is 5.69 Å². The van der Waals surface area contributed by atoms with Gasteiger partial charge in [-0.05, 0) is 25.1 Å². The van der Waals surface area contributed by atoms with Crippen molar-refractivity contribution in [3.63, 3.8) is 0 Å². The summed E-state index contributed by atoms with van der Waals surface area (Å²) in [6.07, 6.45) is 0. The molecule has 0 spiro atoms. The van der Waals surface area contributed by atoms with Gasteiger partial charge in [0.1, 0.15) is 5.15 Å². The van der Waals surface area contributed by atoms with E-state index >= 15 is 0 Å². The van der Waals surface area contributed by atoms with Crippen molar-refractivity contribution >= 4 is 23.4 Å². The van der Waals surface area contributed by atoms with Crippen LogP contribution in [0.3, 0.4) is 0 Å². The Balaban J connectivity index is 2.50. The van der Waals surface area contributed by atoms with Gasteiger partial charge in [-0.25, -0.2) is 0 Å². The van der Waals surface area contributed by atoms with Crippen molar-refractivity contribution < 1.29 is 0 Å². The summed E-state index contributed by atoms with van der Waals surface area (Å²) in [5.41, 5.74) is 7.73. The minimum atomic E-state index is 0.561. The first-order valence-electron chi connectivity index (χ1n) is 5.02. The van der Waals surface area contributed by atoms with Crippen LogP contribution in [0.5, 0.6) is 0 Å². The van der Waals surface area contributed by atoms with E-state index in [1.165, 1.54) is 0 Å². The lowest BCUT2D eigenvalue weighted by atomic mass is 10.2. The van der Waals surface area contributed by atoms with Crippen LogP contribution in [0.2, 0.25) is 5.15 Å². The maximum absolute atomic E-state index is 6.13. The van der Waals surface area contributed by atoms with E-state index in [2.05, 4.69) is 12.0 Å². The van der Waals surface area contributed by atoms with E-state index in [0.29, 0.717) is 5.92 Å². The van der Waals surface area contributed by atoms with Crippen LogP contribution >= 0.6 is 23.4 Å². The molecule has 0 radical (unpaired) electrons. The normalized spacial score (nSPS) is 13.1. The molecule has 0 amide bonds. The monoisotopic (exact) mass is 247 g/mol. The SMILES string of the molecule is Cc1nn(C)c(Cl)c1CSCC(C)CN. The largest absolute Gasteiger partial charge is 0.330 e. The first kappa shape index (κ1) is 12.9. The Kier molecular flexibility index (Phi) is 4.96. The number of hydrogen-bond donors (Lipinski definition) is 1. The lowest BCUT2D eigenvalue weighted by molar-refractivity contribution is 0.675. The summed E-state index contributed by atoms with van der Waals surface area (Å²) in [5, 5.41) is 5.03. The highest BCUT2D eigenvalue weighted by molar-refractivity contribution is 7.98. The number of nitrogens with two attached hydrogens (primary N) is 1. The molecule has 86 valence electrons. The molecule has 0 saturated heterocycles. The molecule has 0 bridgehead atoms. The number of rotatable bonds is 5. The Morgan fingerprint density at radius 1 is 1.60 bits per heavy atom.